The van der Waals surface area contributed by atoms with Crippen molar-refractivity contribution in [1.29, 1.82) is 0 Å². The molecular weight excluding hydrogens is 414 g/mol. The van der Waals surface area contributed by atoms with Crippen LogP contribution in [0.3, 0.4) is 0 Å². The fraction of sp³-hybridized carbons (Fsp3) is 0.125. The third-order valence-electron chi connectivity index (χ3n) is 5.92. The molecular formula is C24H23N9. The zero-order valence-electron chi connectivity index (χ0n) is 17.9. The van der Waals surface area contributed by atoms with Gasteiger partial charge < -0.3 is 0 Å². The van der Waals surface area contributed by atoms with Gasteiger partial charge in [0.05, 0.1) is 38.3 Å². The zero-order valence-corrected chi connectivity index (χ0v) is 17.9. The lowest BCUT2D eigenvalue weighted by molar-refractivity contribution is -0.383. The molecule has 0 aliphatic carbocycles. The van der Waals surface area contributed by atoms with Crippen molar-refractivity contribution in [3.8, 4) is 0 Å². The van der Waals surface area contributed by atoms with Crippen molar-refractivity contribution >= 4 is 18.6 Å². The maximum absolute atomic E-state index is 6.69. The van der Waals surface area contributed by atoms with E-state index in [9.17, 15) is 0 Å². The molecule has 0 amide bonds. The number of nitrogens with zero attached hydrogens (tertiary/aromatic N) is 8. The first-order chi connectivity index (χ1) is 16.3. The van der Waals surface area contributed by atoms with Crippen LogP contribution in [0.2, 0.25) is 0 Å². The molecule has 0 atom stereocenters. The Morgan fingerprint density at radius 2 is 0.909 bits per heavy atom. The van der Waals surface area contributed by atoms with Crippen molar-refractivity contribution in [3.63, 3.8) is 0 Å². The molecule has 0 saturated heterocycles. The van der Waals surface area contributed by atoms with Crippen molar-refractivity contribution in [1.82, 2.24) is 25.8 Å². The molecule has 9 heteroatoms. The summed E-state index contributed by atoms with van der Waals surface area (Å²) in [7, 11) is 0. The van der Waals surface area contributed by atoms with Crippen molar-refractivity contribution in [2.24, 2.45) is 21.1 Å². The minimum Gasteiger partial charge on any atom is -0.231 e. The second-order valence-corrected chi connectivity index (χ2v) is 8.01. The SMILES string of the molecule is NN(N1Cc2ccccc2C=N1)N(N1Cc2ccccc2C=N1)N1Cc2ccccc2C=N1. The van der Waals surface area contributed by atoms with Crippen LogP contribution in [0.4, 0.5) is 0 Å². The zero-order chi connectivity index (χ0) is 22.2. The minimum atomic E-state index is 0.530. The van der Waals surface area contributed by atoms with Crippen LogP contribution in [-0.4, -0.2) is 44.5 Å². The van der Waals surface area contributed by atoms with Gasteiger partial charge in [-0.1, -0.05) is 72.8 Å². The summed E-state index contributed by atoms with van der Waals surface area (Å²) in [5, 5.41) is 22.4. The number of hydrogen-bond donors (Lipinski definition) is 1. The first-order valence-corrected chi connectivity index (χ1v) is 10.8. The molecule has 2 N–H and O–H groups in total. The highest BCUT2D eigenvalue weighted by Gasteiger charge is 2.33. The smallest absolute Gasteiger partial charge is 0.0827 e. The van der Waals surface area contributed by atoms with Gasteiger partial charge >= 0.3 is 0 Å². The van der Waals surface area contributed by atoms with Crippen molar-refractivity contribution in [2.45, 2.75) is 19.6 Å². The van der Waals surface area contributed by atoms with Gasteiger partial charge in [0, 0.05) is 5.23 Å². The second-order valence-electron chi connectivity index (χ2n) is 8.01. The molecule has 0 saturated carbocycles. The molecule has 33 heavy (non-hydrogen) atoms. The largest absolute Gasteiger partial charge is 0.231 e. The Bertz CT molecular complexity index is 1200. The van der Waals surface area contributed by atoms with Gasteiger partial charge in [-0.05, 0) is 38.6 Å². The topological polar surface area (TPSA) is 79.3 Å². The van der Waals surface area contributed by atoms with Crippen molar-refractivity contribution in [2.75, 3.05) is 0 Å². The molecule has 0 fully saturated rings. The number of nitrogens with two attached hydrogens (primary N) is 1. The molecule has 3 aromatic carbocycles. The van der Waals surface area contributed by atoms with Crippen LogP contribution in [-0.2, 0) is 19.6 Å². The molecule has 3 aliphatic heterocycles. The summed E-state index contributed by atoms with van der Waals surface area (Å²) < 4.78 is 0. The van der Waals surface area contributed by atoms with Crippen LogP contribution in [0, 0.1) is 0 Å². The Hall–Kier alpha value is -4.05. The molecule has 3 heterocycles. The van der Waals surface area contributed by atoms with Crippen LogP contribution < -0.4 is 5.84 Å². The van der Waals surface area contributed by atoms with Gasteiger partial charge in [-0.3, -0.25) is 0 Å². The summed E-state index contributed by atoms with van der Waals surface area (Å²) in [5.74, 6) is 6.69. The second kappa shape index (κ2) is 8.14. The summed E-state index contributed by atoms with van der Waals surface area (Å²) in [6.07, 6.45) is 5.51. The number of hydrazone groups is 3. The number of hydrazine groups is 5. The molecule has 0 spiro atoms. The van der Waals surface area contributed by atoms with Crippen LogP contribution >= 0.6 is 0 Å². The van der Waals surface area contributed by atoms with E-state index in [2.05, 4.69) is 45.6 Å². The van der Waals surface area contributed by atoms with Gasteiger partial charge in [0.15, 0.2) is 0 Å². The fourth-order valence-corrected chi connectivity index (χ4v) is 4.15. The first kappa shape index (κ1) is 19.6. The maximum atomic E-state index is 6.69. The Balaban J connectivity index is 1.34. The summed E-state index contributed by atoms with van der Waals surface area (Å²) in [4.78, 5) is 0. The molecule has 3 aliphatic rings. The van der Waals surface area contributed by atoms with E-state index in [0.29, 0.717) is 19.6 Å². The van der Waals surface area contributed by atoms with Gasteiger partial charge in [0.25, 0.3) is 0 Å². The lowest BCUT2D eigenvalue weighted by Crippen LogP contribution is -2.65. The van der Waals surface area contributed by atoms with Crippen LogP contribution in [0.15, 0.2) is 88.1 Å². The molecule has 0 radical (unpaired) electrons. The van der Waals surface area contributed by atoms with E-state index in [-0.39, 0.29) is 0 Å². The van der Waals surface area contributed by atoms with Gasteiger partial charge in [-0.2, -0.15) is 30.7 Å². The highest BCUT2D eigenvalue weighted by Crippen LogP contribution is 2.25. The van der Waals surface area contributed by atoms with Crippen LogP contribution in [0.1, 0.15) is 33.4 Å². The summed E-state index contributed by atoms with van der Waals surface area (Å²) in [6, 6.07) is 24.5. The molecule has 6 rings (SSSR count). The number of fused-ring (bicyclic) bond motifs is 3. The predicted octanol–water partition coefficient (Wildman–Crippen LogP) is 2.67. The van der Waals surface area contributed by atoms with E-state index < -0.39 is 0 Å². The van der Waals surface area contributed by atoms with Gasteiger partial charge in [-0.25, -0.2) is 5.84 Å². The lowest BCUT2D eigenvalue weighted by atomic mass is 10.1. The highest BCUT2D eigenvalue weighted by atomic mass is 16.2. The third kappa shape index (κ3) is 3.64. The monoisotopic (exact) mass is 437 g/mol. The average molecular weight is 438 g/mol. The van der Waals surface area contributed by atoms with E-state index in [1.807, 2.05) is 61.1 Å². The minimum absolute atomic E-state index is 0.530. The average Bonchev–Trinajstić information content (AvgIpc) is 2.88. The first-order valence-electron chi connectivity index (χ1n) is 10.8. The molecule has 3 aromatic rings. The number of rotatable bonds is 4. The third-order valence-corrected chi connectivity index (χ3v) is 5.92. The number of hydrogen-bond acceptors (Lipinski definition) is 9. The molecule has 9 nitrogen and oxygen atoms in total. The Morgan fingerprint density at radius 1 is 0.545 bits per heavy atom. The van der Waals surface area contributed by atoms with Gasteiger partial charge in [0.2, 0.25) is 0 Å². The number of benzene rings is 3. The maximum Gasteiger partial charge on any atom is 0.0827 e. The normalized spacial score (nSPS) is 16.3. The van der Waals surface area contributed by atoms with E-state index in [1.54, 1.807) is 20.6 Å². The highest BCUT2D eigenvalue weighted by molar-refractivity contribution is 5.83. The van der Waals surface area contributed by atoms with Crippen LogP contribution in [0.25, 0.3) is 0 Å². The Morgan fingerprint density at radius 3 is 1.36 bits per heavy atom. The van der Waals surface area contributed by atoms with E-state index in [1.165, 1.54) is 5.23 Å². The lowest BCUT2D eigenvalue weighted by Gasteiger charge is -2.46. The molecule has 0 bridgehead atoms. The fourth-order valence-electron chi connectivity index (χ4n) is 4.15. The Labute approximate surface area is 191 Å². The van der Waals surface area contributed by atoms with E-state index >= 15 is 0 Å². The quantitative estimate of drug-likeness (QED) is 0.499. The molecule has 164 valence electrons. The Kier molecular flexibility index (Phi) is 4.84. The predicted molar refractivity (Wildman–Crippen MR) is 127 cm³/mol. The van der Waals surface area contributed by atoms with Crippen molar-refractivity contribution in [3.05, 3.63) is 106 Å². The molecule has 0 aromatic heterocycles. The van der Waals surface area contributed by atoms with Gasteiger partial charge in [0.1, 0.15) is 0 Å². The van der Waals surface area contributed by atoms with E-state index in [4.69, 9.17) is 5.84 Å². The van der Waals surface area contributed by atoms with Gasteiger partial charge in [-0.15, -0.1) is 0 Å². The summed E-state index contributed by atoms with van der Waals surface area (Å²) in [5.41, 5.74) is 6.72. The summed E-state index contributed by atoms with van der Waals surface area (Å²) in [6.45, 7) is 1.62. The van der Waals surface area contributed by atoms with Crippen molar-refractivity contribution < 1.29 is 0 Å². The summed E-state index contributed by atoms with van der Waals surface area (Å²) >= 11 is 0. The van der Waals surface area contributed by atoms with E-state index in [0.717, 1.165) is 33.4 Å². The standard InChI is InChI=1S/C24H23N9/c25-32(29-16-22-10-4-1-7-19(22)13-26-29)33(30-17-23-11-5-2-8-20(23)14-27-30)31-18-24-12-6-3-9-21(24)15-28-31/h1-15H,16-18,25H2. The van der Waals surface area contributed by atoms with Crippen LogP contribution in [0.5, 0.6) is 0 Å². The molecule has 0 unspecified atom stereocenters.